The van der Waals surface area contributed by atoms with E-state index in [2.05, 4.69) is 0 Å². The molecule has 110 valence electrons. The van der Waals surface area contributed by atoms with E-state index in [0.29, 0.717) is 16.7 Å². The van der Waals surface area contributed by atoms with E-state index in [0.717, 1.165) is 0 Å². The number of amides is 1. The maximum absolute atomic E-state index is 12.1. The van der Waals surface area contributed by atoms with Crippen LogP contribution in [0, 0.1) is 6.92 Å². The van der Waals surface area contributed by atoms with Crippen LogP contribution in [0.15, 0.2) is 18.2 Å². The summed E-state index contributed by atoms with van der Waals surface area (Å²) < 4.78 is 24.1. The highest BCUT2D eigenvalue weighted by molar-refractivity contribution is 7.91. The predicted octanol–water partition coefficient (Wildman–Crippen LogP) is 0.872. The largest absolute Gasteiger partial charge is 0.481 e. The van der Waals surface area contributed by atoms with E-state index in [1.807, 2.05) is 0 Å². The predicted molar refractivity (Wildman–Crippen MR) is 74.0 cm³/mol. The Morgan fingerprint density at radius 1 is 1.35 bits per heavy atom. The number of carboxylic acid groups (broad SMARTS) is 1. The van der Waals surface area contributed by atoms with Crippen molar-refractivity contribution in [2.45, 2.75) is 31.3 Å². The Bertz CT molecular complexity index is 636. The topological polar surface area (TPSA) is 115 Å². The number of carbonyl (C=O) groups is 2. The molecule has 1 unspecified atom stereocenters. The molecule has 0 bridgehead atoms. The first-order valence-corrected chi connectivity index (χ1v) is 7.67. The van der Waals surface area contributed by atoms with E-state index in [1.54, 1.807) is 6.92 Å². The summed E-state index contributed by atoms with van der Waals surface area (Å²) in [6, 6.07) is 4.51. The van der Waals surface area contributed by atoms with Gasteiger partial charge in [-0.05, 0) is 37.1 Å². The third-order valence-electron chi connectivity index (χ3n) is 3.06. The monoisotopic (exact) mass is 299 g/mol. The quantitative estimate of drug-likeness (QED) is 0.809. The lowest BCUT2D eigenvalue weighted by molar-refractivity contribution is -0.136. The van der Waals surface area contributed by atoms with E-state index in [4.69, 9.17) is 10.8 Å². The highest BCUT2D eigenvalue weighted by atomic mass is 32.2. The Hall–Kier alpha value is -1.89. The van der Waals surface area contributed by atoms with E-state index in [9.17, 15) is 18.0 Å². The molecule has 1 amide bonds. The first kappa shape index (κ1) is 16.2. The van der Waals surface area contributed by atoms with Crippen LogP contribution in [0.1, 0.15) is 34.8 Å². The smallest absolute Gasteiger partial charge is 0.304 e. The second-order valence-electron chi connectivity index (χ2n) is 4.72. The minimum atomic E-state index is -3.56. The van der Waals surface area contributed by atoms with Crippen molar-refractivity contribution in [2.24, 2.45) is 5.73 Å². The number of sulfone groups is 1. The number of benzene rings is 1. The van der Waals surface area contributed by atoms with Crippen LogP contribution in [-0.2, 0) is 20.4 Å². The number of aliphatic carboxylic acids is 1. The lowest BCUT2D eigenvalue weighted by Gasteiger charge is -2.12. The molecule has 1 rings (SSSR count). The molecule has 0 fully saturated rings. The molecule has 0 radical (unpaired) electrons. The number of carboxylic acids is 1. The summed E-state index contributed by atoms with van der Waals surface area (Å²) in [6.45, 7) is 3.05. The molecule has 0 saturated carbocycles. The first-order valence-electron chi connectivity index (χ1n) is 5.96. The molecule has 7 heteroatoms. The van der Waals surface area contributed by atoms with Gasteiger partial charge in [-0.2, -0.15) is 0 Å². The zero-order valence-electron chi connectivity index (χ0n) is 11.3. The van der Waals surface area contributed by atoms with Gasteiger partial charge in [0.1, 0.15) is 0 Å². The third-order valence-corrected chi connectivity index (χ3v) is 5.17. The van der Waals surface area contributed by atoms with Gasteiger partial charge in [-0.15, -0.1) is 0 Å². The number of hydrogen-bond acceptors (Lipinski definition) is 4. The Kier molecular flexibility index (Phi) is 4.88. The van der Waals surface area contributed by atoms with Gasteiger partial charge in [0, 0.05) is 5.56 Å². The standard InChI is InChI=1S/C13H17NO5S/c1-8-5-10(13(14)17)3-4-11(8)7-20(18,19)9(2)6-12(15)16/h3-5,9H,6-7H2,1-2H3,(H2,14,17)(H,15,16). The Morgan fingerprint density at radius 2 is 1.95 bits per heavy atom. The molecule has 0 aliphatic carbocycles. The van der Waals surface area contributed by atoms with Crippen LogP contribution >= 0.6 is 0 Å². The van der Waals surface area contributed by atoms with Gasteiger partial charge < -0.3 is 10.8 Å². The highest BCUT2D eigenvalue weighted by Crippen LogP contribution is 2.18. The van der Waals surface area contributed by atoms with Gasteiger partial charge in [0.15, 0.2) is 9.84 Å². The summed E-state index contributed by atoms with van der Waals surface area (Å²) >= 11 is 0. The van der Waals surface area contributed by atoms with Crippen LogP contribution < -0.4 is 5.73 Å². The molecule has 0 aliphatic heterocycles. The molecule has 1 aromatic carbocycles. The van der Waals surface area contributed by atoms with Crippen LogP contribution in [0.4, 0.5) is 0 Å². The number of aryl methyl sites for hydroxylation is 1. The summed E-state index contributed by atoms with van der Waals surface area (Å²) in [4.78, 5) is 21.6. The molecule has 20 heavy (non-hydrogen) atoms. The fourth-order valence-corrected chi connectivity index (χ4v) is 3.18. The van der Waals surface area contributed by atoms with Crippen LogP contribution in [0.3, 0.4) is 0 Å². The van der Waals surface area contributed by atoms with Crippen molar-refractivity contribution < 1.29 is 23.1 Å². The first-order chi connectivity index (χ1) is 9.13. The van der Waals surface area contributed by atoms with E-state index in [-0.39, 0.29) is 5.75 Å². The maximum atomic E-state index is 12.1. The summed E-state index contributed by atoms with van der Waals surface area (Å²) in [5.74, 6) is -1.99. The molecule has 0 aromatic heterocycles. The normalized spacial score (nSPS) is 12.9. The molecule has 0 heterocycles. The minimum absolute atomic E-state index is 0.258. The van der Waals surface area contributed by atoms with Crippen molar-refractivity contribution in [3.05, 3.63) is 34.9 Å². The Balaban J connectivity index is 2.98. The lowest BCUT2D eigenvalue weighted by Crippen LogP contribution is -2.23. The van der Waals surface area contributed by atoms with E-state index in [1.165, 1.54) is 25.1 Å². The van der Waals surface area contributed by atoms with Gasteiger partial charge in [-0.3, -0.25) is 9.59 Å². The molecule has 1 atom stereocenters. The lowest BCUT2D eigenvalue weighted by atomic mass is 10.1. The van der Waals surface area contributed by atoms with Crippen molar-refractivity contribution in [3.8, 4) is 0 Å². The Labute approximate surface area is 117 Å². The van der Waals surface area contributed by atoms with Crippen LogP contribution in [0.5, 0.6) is 0 Å². The number of carbonyl (C=O) groups excluding carboxylic acids is 1. The summed E-state index contributed by atoms with van der Waals surface area (Å²) in [6.07, 6.45) is -0.430. The van der Waals surface area contributed by atoms with Gasteiger partial charge in [0.05, 0.1) is 17.4 Å². The molecule has 1 aromatic rings. The SMILES string of the molecule is Cc1cc(C(N)=O)ccc1CS(=O)(=O)C(C)CC(=O)O. The average Bonchev–Trinajstić information content (AvgIpc) is 2.30. The minimum Gasteiger partial charge on any atom is -0.481 e. The fraction of sp³-hybridized carbons (Fsp3) is 0.385. The molecule has 0 aliphatic rings. The third kappa shape index (κ3) is 4.06. The van der Waals surface area contributed by atoms with Gasteiger partial charge >= 0.3 is 5.97 Å². The van der Waals surface area contributed by atoms with E-state index >= 15 is 0 Å². The van der Waals surface area contributed by atoms with Crippen molar-refractivity contribution >= 4 is 21.7 Å². The fourth-order valence-electron chi connectivity index (χ4n) is 1.74. The van der Waals surface area contributed by atoms with Gasteiger partial charge in [0.25, 0.3) is 0 Å². The molecular weight excluding hydrogens is 282 g/mol. The second-order valence-corrected chi connectivity index (χ2v) is 7.14. The van der Waals surface area contributed by atoms with Gasteiger partial charge in [-0.1, -0.05) is 6.07 Å². The molecule has 0 saturated heterocycles. The number of rotatable bonds is 6. The molecular formula is C13H17NO5S. The van der Waals surface area contributed by atoms with Crippen LogP contribution in [0.25, 0.3) is 0 Å². The van der Waals surface area contributed by atoms with Crippen molar-refractivity contribution in [3.63, 3.8) is 0 Å². The Morgan fingerprint density at radius 3 is 2.40 bits per heavy atom. The van der Waals surface area contributed by atoms with Crippen LogP contribution in [-0.4, -0.2) is 30.7 Å². The van der Waals surface area contributed by atoms with Crippen molar-refractivity contribution in [2.75, 3.05) is 0 Å². The summed E-state index contributed by atoms with van der Waals surface area (Å²) in [5.41, 5.74) is 6.61. The van der Waals surface area contributed by atoms with Crippen molar-refractivity contribution in [1.29, 1.82) is 0 Å². The molecule has 3 N–H and O–H groups in total. The molecule has 6 nitrogen and oxygen atoms in total. The number of nitrogens with two attached hydrogens (primary N) is 1. The number of primary amides is 1. The molecule has 0 spiro atoms. The average molecular weight is 299 g/mol. The second kappa shape index (κ2) is 6.04. The zero-order chi connectivity index (χ0) is 15.5. The van der Waals surface area contributed by atoms with Crippen molar-refractivity contribution in [1.82, 2.24) is 0 Å². The van der Waals surface area contributed by atoms with Gasteiger partial charge in [-0.25, -0.2) is 8.42 Å². The maximum Gasteiger partial charge on any atom is 0.304 e. The zero-order valence-corrected chi connectivity index (χ0v) is 12.1. The number of hydrogen-bond donors (Lipinski definition) is 2. The highest BCUT2D eigenvalue weighted by Gasteiger charge is 2.24. The van der Waals surface area contributed by atoms with E-state index < -0.39 is 33.4 Å². The van der Waals surface area contributed by atoms with Crippen LogP contribution in [0.2, 0.25) is 0 Å². The summed E-state index contributed by atoms with van der Waals surface area (Å²) in [5, 5.41) is 7.69. The summed E-state index contributed by atoms with van der Waals surface area (Å²) in [7, 11) is -3.56. The van der Waals surface area contributed by atoms with Gasteiger partial charge in [0.2, 0.25) is 5.91 Å².